The molecule has 0 fully saturated rings. The first-order valence-electron chi connectivity index (χ1n) is 12.4. The van der Waals surface area contributed by atoms with Crippen molar-refractivity contribution in [2.24, 2.45) is 11.8 Å². The first kappa shape index (κ1) is 27.2. The maximum absolute atomic E-state index is 10.7. The number of rotatable bonds is 21. The molecule has 0 amide bonds. The lowest BCUT2D eigenvalue weighted by molar-refractivity contribution is -0.138. The van der Waals surface area contributed by atoms with Crippen LogP contribution in [-0.4, -0.2) is 11.1 Å². The molecule has 0 aromatic rings. The van der Waals surface area contributed by atoms with Gasteiger partial charge in [0.15, 0.2) is 0 Å². The molecule has 28 heavy (non-hydrogen) atoms. The molecule has 2 nitrogen and oxygen atoms in total. The smallest absolute Gasteiger partial charge is 0.303 e. The predicted molar refractivity (Wildman–Crippen MR) is 124 cm³/mol. The number of allylic oxidation sites excluding steroid dienone is 2. The van der Waals surface area contributed by atoms with Crippen LogP contribution in [0, 0.1) is 11.8 Å². The van der Waals surface area contributed by atoms with E-state index < -0.39 is 5.97 Å². The van der Waals surface area contributed by atoms with Crippen molar-refractivity contribution >= 4 is 5.97 Å². The molecule has 0 heterocycles. The van der Waals surface area contributed by atoms with E-state index in [1.165, 1.54) is 103 Å². The summed E-state index contributed by atoms with van der Waals surface area (Å²) in [6.45, 7) is 6.62. The summed E-state index contributed by atoms with van der Waals surface area (Å²) in [6, 6.07) is 0. The van der Waals surface area contributed by atoms with Crippen LogP contribution in [0.1, 0.15) is 136 Å². The van der Waals surface area contributed by atoms with E-state index in [1.807, 2.05) is 0 Å². The van der Waals surface area contributed by atoms with Gasteiger partial charge in [-0.2, -0.15) is 0 Å². The predicted octanol–water partition coefficient (Wildman–Crippen LogP) is 8.94. The first-order chi connectivity index (χ1) is 13.6. The van der Waals surface area contributed by atoms with Gasteiger partial charge >= 0.3 is 5.97 Å². The molecule has 0 aromatic carbocycles. The van der Waals surface area contributed by atoms with Crippen molar-refractivity contribution in [1.82, 2.24) is 0 Å². The van der Waals surface area contributed by atoms with Gasteiger partial charge in [0.2, 0.25) is 0 Å². The zero-order valence-corrected chi connectivity index (χ0v) is 19.4. The molecule has 1 N–H and O–H groups in total. The van der Waals surface area contributed by atoms with Crippen LogP contribution < -0.4 is 0 Å². The fraction of sp³-hybridized carbons (Fsp3) is 0.885. The van der Waals surface area contributed by atoms with Crippen LogP contribution in [0.25, 0.3) is 0 Å². The van der Waals surface area contributed by atoms with Gasteiger partial charge in [0.25, 0.3) is 0 Å². The van der Waals surface area contributed by atoms with Gasteiger partial charge in [0, 0.05) is 6.42 Å². The summed E-state index contributed by atoms with van der Waals surface area (Å²) in [6.07, 6.45) is 27.9. The number of aliphatic carboxylic acids is 1. The zero-order valence-electron chi connectivity index (χ0n) is 19.4. The molecule has 0 rings (SSSR count). The van der Waals surface area contributed by atoms with Crippen molar-refractivity contribution in [3.63, 3.8) is 0 Å². The van der Waals surface area contributed by atoms with E-state index in [2.05, 4.69) is 32.9 Å². The largest absolute Gasteiger partial charge is 0.481 e. The summed E-state index contributed by atoms with van der Waals surface area (Å²) in [4.78, 5) is 10.7. The Bertz CT molecular complexity index is 361. The minimum atomic E-state index is -0.659. The maximum atomic E-state index is 10.7. The van der Waals surface area contributed by atoms with Crippen molar-refractivity contribution in [2.75, 3.05) is 0 Å². The quantitative estimate of drug-likeness (QED) is 0.156. The Morgan fingerprint density at radius 2 is 1.18 bits per heavy atom. The summed E-state index contributed by atoms with van der Waals surface area (Å²) >= 11 is 0. The highest BCUT2D eigenvalue weighted by atomic mass is 16.4. The molecule has 0 radical (unpaired) electrons. The van der Waals surface area contributed by atoms with Gasteiger partial charge in [-0.1, -0.05) is 110 Å². The topological polar surface area (TPSA) is 37.3 Å². The van der Waals surface area contributed by atoms with Crippen molar-refractivity contribution < 1.29 is 9.90 Å². The SMILES string of the molecule is CCCCCCCC/C=C\CCCCCCCCCC(C)CC(C)CC(=O)O. The Morgan fingerprint density at radius 3 is 1.68 bits per heavy atom. The van der Waals surface area contributed by atoms with E-state index in [9.17, 15) is 4.79 Å². The Kier molecular flexibility index (Phi) is 20.3. The maximum Gasteiger partial charge on any atom is 0.303 e. The lowest BCUT2D eigenvalue weighted by Crippen LogP contribution is -2.08. The minimum Gasteiger partial charge on any atom is -0.481 e. The van der Waals surface area contributed by atoms with Gasteiger partial charge in [0.05, 0.1) is 0 Å². The fourth-order valence-electron chi connectivity index (χ4n) is 4.10. The molecule has 0 aliphatic heterocycles. The molecule has 0 saturated carbocycles. The first-order valence-corrected chi connectivity index (χ1v) is 12.4. The van der Waals surface area contributed by atoms with Crippen molar-refractivity contribution in [3.05, 3.63) is 12.2 Å². The summed E-state index contributed by atoms with van der Waals surface area (Å²) in [5, 5.41) is 8.83. The van der Waals surface area contributed by atoms with Crippen molar-refractivity contribution in [2.45, 2.75) is 136 Å². The molecule has 2 unspecified atom stereocenters. The van der Waals surface area contributed by atoms with E-state index >= 15 is 0 Å². The molecule has 0 aliphatic carbocycles. The van der Waals surface area contributed by atoms with Crippen LogP contribution in [0.5, 0.6) is 0 Å². The summed E-state index contributed by atoms with van der Waals surface area (Å²) in [5.74, 6) is 0.317. The van der Waals surface area contributed by atoms with Gasteiger partial charge in [-0.3, -0.25) is 4.79 Å². The standard InChI is InChI=1S/C26H50O2/c1-4-5-6-7-8-9-10-11-12-13-14-15-16-17-18-19-20-21-24(2)22-25(3)23-26(27)28/h11-12,24-25H,4-10,13-23H2,1-3H3,(H,27,28)/b12-11-. The third-order valence-corrected chi connectivity index (χ3v) is 5.79. The van der Waals surface area contributed by atoms with Crippen LogP contribution in [0.3, 0.4) is 0 Å². The van der Waals surface area contributed by atoms with Gasteiger partial charge in [-0.05, 0) is 43.9 Å². The highest BCUT2D eigenvalue weighted by Gasteiger charge is 2.11. The van der Waals surface area contributed by atoms with E-state index in [1.54, 1.807) is 0 Å². The average Bonchev–Trinajstić information content (AvgIpc) is 2.63. The molecule has 2 atom stereocenters. The summed E-state index contributed by atoms with van der Waals surface area (Å²) in [5.41, 5.74) is 0. The van der Waals surface area contributed by atoms with E-state index in [0.717, 1.165) is 6.42 Å². The Labute approximate surface area is 176 Å². The molecule has 0 spiro atoms. The van der Waals surface area contributed by atoms with Crippen LogP contribution in [0.15, 0.2) is 12.2 Å². The van der Waals surface area contributed by atoms with Gasteiger partial charge in [-0.25, -0.2) is 0 Å². The molecule has 0 aliphatic rings. The van der Waals surface area contributed by atoms with Gasteiger partial charge < -0.3 is 5.11 Å². The van der Waals surface area contributed by atoms with Crippen molar-refractivity contribution in [1.29, 1.82) is 0 Å². The second-order valence-electron chi connectivity index (χ2n) is 9.12. The second-order valence-corrected chi connectivity index (χ2v) is 9.12. The second kappa shape index (κ2) is 20.9. The van der Waals surface area contributed by atoms with Crippen LogP contribution >= 0.6 is 0 Å². The van der Waals surface area contributed by atoms with E-state index in [4.69, 9.17) is 5.11 Å². The lowest BCUT2D eigenvalue weighted by atomic mass is 9.91. The van der Waals surface area contributed by atoms with Gasteiger partial charge in [0.1, 0.15) is 0 Å². The molecular weight excluding hydrogens is 344 g/mol. The number of hydrogen-bond acceptors (Lipinski definition) is 1. The van der Waals surface area contributed by atoms with E-state index in [-0.39, 0.29) is 0 Å². The monoisotopic (exact) mass is 394 g/mol. The molecule has 0 aromatic heterocycles. The zero-order chi connectivity index (χ0) is 20.9. The van der Waals surface area contributed by atoms with Crippen LogP contribution in [0.4, 0.5) is 0 Å². The third-order valence-electron chi connectivity index (χ3n) is 5.79. The van der Waals surface area contributed by atoms with Gasteiger partial charge in [-0.15, -0.1) is 0 Å². The summed E-state index contributed by atoms with van der Waals surface area (Å²) < 4.78 is 0. The van der Waals surface area contributed by atoms with Crippen LogP contribution in [0.2, 0.25) is 0 Å². The van der Waals surface area contributed by atoms with Crippen LogP contribution in [-0.2, 0) is 4.79 Å². The number of unbranched alkanes of at least 4 members (excludes halogenated alkanes) is 13. The molecule has 0 bridgehead atoms. The summed E-state index contributed by atoms with van der Waals surface area (Å²) in [7, 11) is 0. The molecule has 2 heteroatoms. The normalized spacial score (nSPS) is 13.8. The van der Waals surface area contributed by atoms with E-state index in [0.29, 0.717) is 18.3 Å². The van der Waals surface area contributed by atoms with Crippen molar-refractivity contribution in [3.8, 4) is 0 Å². The number of carbonyl (C=O) groups is 1. The lowest BCUT2D eigenvalue weighted by Gasteiger charge is -2.15. The Balaban J connectivity index is 3.27. The number of carboxylic acids is 1. The number of hydrogen-bond donors (Lipinski definition) is 1. The molecule has 0 saturated heterocycles. The molecular formula is C26H50O2. The highest BCUT2D eigenvalue weighted by Crippen LogP contribution is 2.21. The third kappa shape index (κ3) is 21.5. The number of carboxylic acid groups (broad SMARTS) is 1. The average molecular weight is 395 g/mol. The highest BCUT2D eigenvalue weighted by molar-refractivity contribution is 5.66. The Hall–Kier alpha value is -0.790. The minimum absolute atomic E-state index is 0.312. The fourth-order valence-corrected chi connectivity index (χ4v) is 4.10. The Morgan fingerprint density at radius 1 is 0.714 bits per heavy atom. The molecule has 166 valence electrons.